The van der Waals surface area contributed by atoms with E-state index in [1.807, 2.05) is 10.3 Å². The predicted octanol–water partition coefficient (Wildman–Crippen LogP) is 3.86. The van der Waals surface area contributed by atoms with Gasteiger partial charge < -0.3 is 10.6 Å². The molecule has 1 fully saturated rings. The number of thiazole rings is 1. The van der Waals surface area contributed by atoms with Gasteiger partial charge in [0.1, 0.15) is 5.69 Å². The number of halogens is 1. The maximum atomic E-state index is 12.6. The summed E-state index contributed by atoms with van der Waals surface area (Å²) in [4.78, 5) is 19.0. The Hall–Kier alpha value is -1.43. The molecule has 1 amide bonds. The summed E-state index contributed by atoms with van der Waals surface area (Å²) in [5, 5.41) is 2.83. The van der Waals surface area contributed by atoms with Crippen LogP contribution >= 0.6 is 23.7 Å². The van der Waals surface area contributed by atoms with Crippen molar-refractivity contribution in [3.63, 3.8) is 0 Å². The van der Waals surface area contributed by atoms with E-state index in [0.717, 1.165) is 43.8 Å². The Morgan fingerprint density at radius 1 is 1.23 bits per heavy atom. The third kappa shape index (κ3) is 5.53. The molecule has 0 radical (unpaired) electrons. The summed E-state index contributed by atoms with van der Waals surface area (Å²) in [6, 6.07) is 8.83. The molecular formula is C20H28ClN3OS. The molecule has 3 rings (SSSR count). The van der Waals surface area contributed by atoms with Crippen molar-refractivity contribution in [2.45, 2.75) is 39.0 Å². The van der Waals surface area contributed by atoms with Crippen LogP contribution in [-0.4, -0.2) is 35.4 Å². The first-order valence-electron chi connectivity index (χ1n) is 9.15. The molecule has 142 valence electrons. The number of benzene rings is 1. The molecule has 0 aliphatic carbocycles. The van der Waals surface area contributed by atoms with E-state index >= 15 is 0 Å². The van der Waals surface area contributed by atoms with Crippen LogP contribution < -0.4 is 5.73 Å². The number of carbonyl (C=O) groups excluding carboxylic acids is 1. The lowest BCUT2D eigenvalue weighted by Crippen LogP contribution is -2.38. The molecule has 1 saturated heterocycles. The van der Waals surface area contributed by atoms with Crippen molar-refractivity contribution < 1.29 is 4.79 Å². The average molecular weight is 394 g/mol. The number of piperidine rings is 1. The van der Waals surface area contributed by atoms with E-state index in [4.69, 9.17) is 5.73 Å². The van der Waals surface area contributed by atoms with Crippen molar-refractivity contribution in [2.75, 3.05) is 19.6 Å². The van der Waals surface area contributed by atoms with Crippen molar-refractivity contribution in [2.24, 2.45) is 11.7 Å². The number of nitrogens with two attached hydrogens (primary N) is 1. The summed E-state index contributed by atoms with van der Waals surface area (Å²) < 4.78 is 0. The monoisotopic (exact) mass is 393 g/mol. The fraction of sp³-hybridized carbons (Fsp3) is 0.500. The van der Waals surface area contributed by atoms with Crippen molar-refractivity contribution in [3.8, 4) is 0 Å². The minimum Gasteiger partial charge on any atom is -0.337 e. The van der Waals surface area contributed by atoms with Gasteiger partial charge in [0.15, 0.2) is 0 Å². The minimum absolute atomic E-state index is 0. The van der Waals surface area contributed by atoms with Gasteiger partial charge in [0, 0.05) is 24.9 Å². The Balaban J connectivity index is 0.00000243. The zero-order valence-corrected chi connectivity index (χ0v) is 17.0. The SMILES string of the molecule is Cc1ccc(CCC2CCN(C(=O)c3csc(CCN)n3)CC2)cc1.Cl. The Labute approximate surface area is 166 Å². The number of carbonyl (C=O) groups is 1. The lowest BCUT2D eigenvalue weighted by atomic mass is 9.90. The first-order chi connectivity index (χ1) is 12.2. The van der Waals surface area contributed by atoms with Gasteiger partial charge in [-0.25, -0.2) is 4.98 Å². The molecule has 1 aromatic heterocycles. The lowest BCUT2D eigenvalue weighted by Gasteiger charge is -2.31. The summed E-state index contributed by atoms with van der Waals surface area (Å²) in [6.45, 7) is 4.40. The highest BCUT2D eigenvalue weighted by Crippen LogP contribution is 2.24. The van der Waals surface area contributed by atoms with Crippen molar-refractivity contribution in [1.29, 1.82) is 0 Å². The molecule has 0 bridgehead atoms. The van der Waals surface area contributed by atoms with Gasteiger partial charge in [-0.1, -0.05) is 29.8 Å². The number of aryl methyl sites for hydroxylation is 2. The topological polar surface area (TPSA) is 59.2 Å². The molecular weight excluding hydrogens is 366 g/mol. The zero-order valence-electron chi connectivity index (χ0n) is 15.3. The average Bonchev–Trinajstić information content (AvgIpc) is 3.10. The van der Waals surface area contributed by atoms with Gasteiger partial charge in [-0.05, 0) is 50.6 Å². The second-order valence-electron chi connectivity index (χ2n) is 6.93. The van der Waals surface area contributed by atoms with E-state index < -0.39 is 0 Å². The molecule has 2 aromatic rings. The number of nitrogens with zero attached hydrogens (tertiary/aromatic N) is 2. The van der Waals surface area contributed by atoms with E-state index in [1.54, 1.807) is 0 Å². The number of amides is 1. The molecule has 6 heteroatoms. The fourth-order valence-electron chi connectivity index (χ4n) is 3.36. The van der Waals surface area contributed by atoms with E-state index in [1.165, 1.54) is 28.9 Å². The molecule has 0 spiro atoms. The van der Waals surface area contributed by atoms with Gasteiger partial charge >= 0.3 is 0 Å². The van der Waals surface area contributed by atoms with Crippen molar-refractivity contribution in [1.82, 2.24) is 9.88 Å². The van der Waals surface area contributed by atoms with E-state index in [-0.39, 0.29) is 18.3 Å². The first-order valence-corrected chi connectivity index (χ1v) is 10.0. The molecule has 4 nitrogen and oxygen atoms in total. The van der Waals surface area contributed by atoms with E-state index in [2.05, 4.69) is 36.2 Å². The quantitative estimate of drug-likeness (QED) is 0.810. The number of hydrogen-bond acceptors (Lipinski definition) is 4. The highest BCUT2D eigenvalue weighted by Gasteiger charge is 2.24. The molecule has 0 saturated carbocycles. The number of rotatable bonds is 6. The Morgan fingerprint density at radius 3 is 2.58 bits per heavy atom. The molecule has 2 N–H and O–H groups in total. The summed E-state index contributed by atoms with van der Waals surface area (Å²) >= 11 is 1.54. The Morgan fingerprint density at radius 2 is 1.92 bits per heavy atom. The van der Waals surface area contributed by atoms with Gasteiger partial charge in [0.2, 0.25) is 0 Å². The van der Waals surface area contributed by atoms with Crippen LogP contribution in [0.3, 0.4) is 0 Å². The number of likely N-dealkylation sites (tertiary alicyclic amines) is 1. The maximum Gasteiger partial charge on any atom is 0.273 e. The molecule has 1 aliphatic rings. The second kappa shape index (κ2) is 10.0. The van der Waals surface area contributed by atoms with Gasteiger partial charge in [0.25, 0.3) is 5.91 Å². The first kappa shape index (κ1) is 20.9. The molecule has 1 aromatic carbocycles. The fourth-order valence-corrected chi connectivity index (χ4v) is 4.15. The van der Waals surface area contributed by atoms with Crippen LogP contribution in [-0.2, 0) is 12.8 Å². The third-order valence-corrected chi connectivity index (χ3v) is 5.90. The minimum atomic E-state index is 0. The van der Waals surface area contributed by atoms with Crippen LogP contribution in [0.4, 0.5) is 0 Å². The molecule has 0 atom stereocenters. The van der Waals surface area contributed by atoms with Gasteiger partial charge in [-0.3, -0.25) is 4.79 Å². The van der Waals surface area contributed by atoms with Crippen LogP contribution in [0.2, 0.25) is 0 Å². The highest BCUT2D eigenvalue weighted by molar-refractivity contribution is 7.09. The second-order valence-corrected chi connectivity index (χ2v) is 7.87. The summed E-state index contributed by atoms with van der Waals surface area (Å²) in [5.74, 6) is 0.796. The largest absolute Gasteiger partial charge is 0.337 e. The van der Waals surface area contributed by atoms with Crippen LogP contribution in [0.25, 0.3) is 0 Å². The number of aromatic nitrogens is 1. The highest BCUT2D eigenvalue weighted by atomic mass is 35.5. The van der Waals surface area contributed by atoms with Crippen LogP contribution in [0.1, 0.15) is 45.9 Å². The molecule has 26 heavy (non-hydrogen) atoms. The van der Waals surface area contributed by atoms with E-state index in [9.17, 15) is 4.79 Å². The van der Waals surface area contributed by atoms with Crippen LogP contribution in [0.15, 0.2) is 29.6 Å². The molecule has 2 heterocycles. The Kier molecular flexibility index (Phi) is 8.07. The van der Waals surface area contributed by atoms with Gasteiger partial charge in [-0.2, -0.15) is 0 Å². The van der Waals surface area contributed by atoms with Crippen LogP contribution in [0, 0.1) is 12.8 Å². The number of hydrogen-bond donors (Lipinski definition) is 1. The lowest BCUT2D eigenvalue weighted by molar-refractivity contribution is 0.0681. The maximum absolute atomic E-state index is 12.6. The normalized spacial score (nSPS) is 14.9. The third-order valence-electron chi connectivity index (χ3n) is 4.99. The van der Waals surface area contributed by atoms with E-state index in [0.29, 0.717) is 18.2 Å². The van der Waals surface area contributed by atoms with Gasteiger partial charge in [-0.15, -0.1) is 23.7 Å². The van der Waals surface area contributed by atoms with Gasteiger partial charge in [0.05, 0.1) is 5.01 Å². The standard InChI is InChI=1S/C20H27N3OS.ClH/c1-15-2-4-16(5-3-15)6-7-17-9-12-23(13-10-17)20(24)18-14-25-19(22-18)8-11-21;/h2-5,14,17H,6-13,21H2,1H3;1H. The zero-order chi connectivity index (χ0) is 17.6. The summed E-state index contributed by atoms with van der Waals surface area (Å²) in [6.07, 6.45) is 5.28. The summed E-state index contributed by atoms with van der Waals surface area (Å²) in [5.41, 5.74) is 8.87. The predicted molar refractivity (Wildman–Crippen MR) is 110 cm³/mol. The summed E-state index contributed by atoms with van der Waals surface area (Å²) in [7, 11) is 0. The van der Waals surface area contributed by atoms with Crippen molar-refractivity contribution in [3.05, 3.63) is 51.5 Å². The molecule has 0 unspecified atom stereocenters. The van der Waals surface area contributed by atoms with Crippen LogP contribution in [0.5, 0.6) is 0 Å². The Bertz CT molecular complexity index is 693. The van der Waals surface area contributed by atoms with Crippen molar-refractivity contribution >= 4 is 29.7 Å². The molecule has 1 aliphatic heterocycles. The smallest absolute Gasteiger partial charge is 0.273 e.